The van der Waals surface area contributed by atoms with Crippen molar-refractivity contribution in [3.8, 4) is 0 Å². The predicted octanol–water partition coefficient (Wildman–Crippen LogP) is 0.865. The van der Waals surface area contributed by atoms with Crippen LogP contribution in [0.15, 0.2) is 0 Å². The summed E-state index contributed by atoms with van der Waals surface area (Å²) < 4.78 is 9.26. The molecule has 0 N–H and O–H groups in total. The van der Waals surface area contributed by atoms with Gasteiger partial charge in [-0.25, -0.2) is 4.58 Å². The summed E-state index contributed by atoms with van der Waals surface area (Å²) in [6.45, 7) is 4.00. The van der Waals surface area contributed by atoms with E-state index in [0.29, 0.717) is 0 Å². The van der Waals surface area contributed by atoms with Gasteiger partial charge in [-0.15, -0.1) is 0 Å². The molecule has 62 valence electrons. The lowest BCUT2D eigenvalue weighted by Crippen LogP contribution is -2.30. The molecule has 2 rings (SSSR count). The van der Waals surface area contributed by atoms with Crippen molar-refractivity contribution in [2.75, 3.05) is 37.8 Å². The molecule has 2 nitrogen and oxygen atoms in total. The van der Waals surface area contributed by atoms with Gasteiger partial charge in [-0.3, -0.25) is 0 Å². The minimum absolute atomic E-state index is 0.907. The molecule has 0 bridgehead atoms. The number of thioether (sulfide) groups is 2. The van der Waals surface area contributed by atoms with Gasteiger partial charge in [0, 0.05) is 11.5 Å². The molecule has 0 saturated carbocycles. The van der Waals surface area contributed by atoms with Gasteiger partial charge in [0.2, 0.25) is 0 Å². The maximum absolute atomic E-state index is 5.29. The number of ether oxygens (including phenoxy) is 1. The molecule has 2 saturated heterocycles. The molecular formula is C7H12NOS2+. The average Bonchev–Trinajstić information content (AvgIpc) is 2.58. The van der Waals surface area contributed by atoms with Crippen molar-refractivity contribution in [1.82, 2.24) is 0 Å². The Balaban J connectivity index is 2.03. The Morgan fingerprint density at radius 3 is 2.36 bits per heavy atom. The van der Waals surface area contributed by atoms with E-state index >= 15 is 0 Å². The largest absolute Gasteiger partial charge is 0.368 e. The van der Waals surface area contributed by atoms with Crippen LogP contribution in [0.2, 0.25) is 0 Å². The first-order valence-electron chi connectivity index (χ1n) is 3.92. The van der Waals surface area contributed by atoms with Crippen molar-refractivity contribution in [1.29, 1.82) is 0 Å². The fourth-order valence-corrected chi connectivity index (χ4v) is 3.81. The molecule has 0 atom stereocenters. The molecule has 2 aliphatic rings. The Morgan fingerprint density at radius 2 is 1.73 bits per heavy atom. The van der Waals surface area contributed by atoms with Crippen LogP contribution in [-0.2, 0) is 4.74 Å². The highest BCUT2D eigenvalue weighted by Gasteiger charge is 2.23. The molecule has 0 radical (unpaired) electrons. The summed E-state index contributed by atoms with van der Waals surface area (Å²) in [6.07, 6.45) is 0. The zero-order valence-electron chi connectivity index (χ0n) is 6.41. The summed E-state index contributed by atoms with van der Waals surface area (Å²) in [5.41, 5.74) is 0. The van der Waals surface area contributed by atoms with Gasteiger partial charge in [0.15, 0.2) is 13.1 Å². The Hall–Kier alpha value is 0.330. The minimum atomic E-state index is 0.907. The summed E-state index contributed by atoms with van der Waals surface area (Å²) in [7, 11) is 0. The number of nitrogens with zero attached hydrogens (tertiary/aromatic N) is 1. The van der Waals surface area contributed by atoms with Crippen LogP contribution in [-0.4, -0.2) is 46.8 Å². The van der Waals surface area contributed by atoms with E-state index in [2.05, 4.69) is 4.58 Å². The van der Waals surface area contributed by atoms with E-state index in [0.717, 1.165) is 26.3 Å². The summed E-state index contributed by atoms with van der Waals surface area (Å²) in [5.74, 6) is 2.58. The van der Waals surface area contributed by atoms with E-state index in [1.165, 1.54) is 15.9 Å². The molecule has 0 aromatic heterocycles. The average molecular weight is 190 g/mol. The van der Waals surface area contributed by atoms with Crippen molar-refractivity contribution >= 4 is 27.9 Å². The second kappa shape index (κ2) is 3.83. The summed E-state index contributed by atoms with van der Waals surface area (Å²) in [6, 6.07) is 0. The lowest BCUT2D eigenvalue weighted by Gasteiger charge is -2.11. The normalized spacial score (nSPS) is 26.2. The third-order valence-electron chi connectivity index (χ3n) is 1.80. The van der Waals surface area contributed by atoms with Crippen molar-refractivity contribution in [3.63, 3.8) is 0 Å². The lowest BCUT2D eigenvalue weighted by molar-refractivity contribution is -0.544. The maximum Gasteiger partial charge on any atom is 0.270 e. The van der Waals surface area contributed by atoms with Crippen molar-refractivity contribution in [3.05, 3.63) is 0 Å². The van der Waals surface area contributed by atoms with Crippen LogP contribution in [0.1, 0.15) is 0 Å². The quantitative estimate of drug-likeness (QED) is 0.526. The Labute approximate surface area is 75.4 Å². The highest BCUT2D eigenvalue weighted by molar-refractivity contribution is 8.41. The second-order valence-electron chi connectivity index (χ2n) is 2.56. The van der Waals surface area contributed by atoms with Crippen LogP contribution in [0.4, 0.5) is 0 Å². The van der Waals surface area contributed by atoms with Gasteiger partial charge in [0.1, 0.15) is 13.2 Å². The number of hydrogen-bond donors (Lipinski definition) is 0. The Kier molecular flexibility index (Phi) is 2.77. The Morgan fingerprint density at radius 1 is 1.09 bits per heavy atom. The minimum Gasteiger partial charge on any atom is -0.368 e. The fraction of sp³-hybridized carbons (Fsp3) is 0.857. The molecule has 11 heavy (non-hydrogen) atoms. The molecule has 2 heterocycles. The van der Waals surface area contributed by atoms with Crippen molar-refractivity contribution in [2.24, 2.45) is 0 Å². The summed E-state index contributed by atoms with van der Waals surface area (Å²) >= 11 is 4.00. The maximum atomic E-state index is 5.29. The molecule has 0 aromatic rings. The lowest BCUT2D eigenvalue weighted by atomic mass is 10.5. The van der Waals surface area contributed by atoms with E-state index in [4.69, 9.17) is 4.74 Å². The molecule has 0 unspecified atom stereocenters. The second-order valence-corrected chi connectivity index (χ2v) is 4.99. The smallest absolute Gasteiger partial charge is 0.270 e. The van der Waals surface area contributed by atoms with Gasteiger partial charge in [0.05, 0.1) is 0 Å². The van der Waals surface area contributed by atoms with E-state index in [1.54, 1.807) is 0 Å². The van der Waals surface area contributed by atoms with E-state index < -0.39 is 0 Å². The third-order valence-corrected chi connectivity index (χ3v) is 4.60. The van der Waals surface area contributed by atoms with Gasteiger partial charge in [-0.1, -0.05) is 0 Å². The summed E-state index contributed by atoms with van der Waals surface area (Å²) in [5, 5.41) is 0. The van der Waals surface area contributed by atoms with E-state index in [9.17, 15) is 0 Å². The van der Waals surface area contributed by atoms with Crippen LogP contribution < -0.4 is 0 Å². The standard InChI is InChI=1S/C7H12NOS2/c1-3-9-4-2-8(1)7-10-5-6-11-7/h1-6H2/q+1. The highest BCUT2D eigenvalue weighted by atomic mass is 32.2. The van der Waals surface area contributed by atoms with Crippen molar-refractivity contribution < 1.29 is 9.31 Å². The number of hydrogen-bond acceptors (Lipinski definition) is 3. The van der Waals surface area contributed by atoms with Crippen LogP contribution in [0.3, 0.4) is 0 Å². The molecule has 2 aliphatic heterocycles. The van der Waals surface area contributed by atoms with Gasteiger partial charge < -0.3 is 4.74 Å². The Bertz CT molecular complexity index is 165. The fourth-order valence-electron chi connectivity index (χ4n) is 1.23. The van der Waals surface area contributed by atoms with Crippen LogP contribution >= 0.6 is 23.5 Å². The predicted molar refractivity (Wildman–Crippen MR) is 50.7 cm³/mol. The monoisotopic (exact) mass is 190 g/mol. The topological polar surface area (TPSA) is 12.2 Å². The first-order chi connectivity index (χ1) is 5.47. The zero-order valence-corrected chi connectivity index (χ0v) is 8.05. The van der Waals surface area contributed by atoms with Gasteiger partial charge in [0.25, 0.3) is 4.38 Å². The zero-order chi connectivity index (χ0) is 7.52. The van der Waals surface area contributed by atoms with Gasteiger partial charge >= 0.3 is 0 Å². The molecular weight excluding hydrogens is 178 g/mol. The molecule has 0 aromatic carbocycles. The van der Waals surface area contributed by atoms with E-state index in [1.807, 2.05) is 23.5 Å². The highest BCUT2D eigenvalue weighted by Crippen LogP contribution is 2.25. The molecule has 0 amide bonds. The first kappa shape index (κ1) is 7.95. The number of morpholine rings is 1. The van der Waals surface area contributed by atoms with E-state index in [-0.39, 0.29) is 0 Å². The van der Waals surface area contributed by atoms with Crippen LogP contribution in [0.25, 0.3) is 0 Å². The molecule has 0 aliphatic carbocycles. The third kappa shape index (κ3) is 1.92. The van der Waals surface area contributed by atoms with Crippen molar-refractivity contribution in [2.45, 2.75) is 0 Å². The number of rotatable bonds is 0. The molecule has 2 fully saturated rings. The first-order valence-corrected chi connectivity index (χ1v) is 5.89. The SMILES string of the molecule is C1C[N+](=C2SCCS2)CCO1. The molecule has 4 heteroatoms. The molecule has 0 spiro atoms. The van der Waals surface area contributed by atoms with Gasteiger partial charge in [-0.2, -0.15) is 0 Å². The summed E-state index contributed by atoms with van der Waals surface area (Å²) in [4.78, 5) is 0. The van der Waals surface area contributed by atoms with Crippen LogP contribution in [0.5, 0.6) is 0 Å². The van der Waals surface area contributed by atoms with Crippen LogP contribution in [0, 0.1) is 0 Å². The van der Waals surface area contributed by atoms with Gasteiger partial charge in [-0.05, 0) is 23.5 Å².